The smallest absolute Gasteiger partial charge is 0.269 e. The van der Waals surface area contributed by atoms with Gasteiger partial charge in [-0.15, -0.1) is 24.0 Å². The minimum atomic E-state index is -0.149. The third-order valence-corrected chi connectivity index (χ3v) is 9.51. The molecule has 0 aliphatic rings. The SMILES string of the molecule is CCc1c(-c2ccc(O)cc2)cnc(CNCCCc2c(C)sc3nc(S)n(-c4cc(C)ccn4)c(=O)c23)c1-c1ccc(O)cc1. The molecule has 2 aromatic carbocycles. The van der Waals surface area contributed by atoms with E-state index >= 15 is 0 Å². The van der Waals surface area contributed by atoms with Gasteiger partial charge in [0.2, 0.25) is 0 Å². The van der Waals surface area contributed by atoms with E-state index in [1.165, 1.54) is 15.9 Å². The number of phenolic OH excluding ortho intramolecular Hbond substituents is 2. The zero-order valence-electron chi connectivity index (χ0n) is 25.9. The summed E-state index contributed by atoms with van der Waals surface area (Å²) in [5.74, 6) is 0.945. The van der Waals surface area contributed by atoms with Gasteiger partial charge in [0.15, 0.2) is 5.16 Å². The van der Waals surface area contributed by atoms with Gasteiger partial charge in [-0.05, 0) is 104 Å². The first-order valence-electron chi connectivity index (χ1n) is 15.2. The summed E-state index contributed by atoms with van der Waals surface area (Å²) in [5, 5.41) is 24.3. The van der Waals surface area contributed by atoms with Crippen LogP contribution in [0.3, 0.4) is 0 Å². The molecule has 0 unspecified atom stereocenters. The second kappa shape index (κ2) is 13.5. The summed E-state index contributed by atoms with van der Waals surface area (Å²) >= 11 is 6.05. The number of hydrogen-bond acceptors (Lipinski definition) is 9. The highest BCUT2D eigenvalue weighted by atomic mass is 32.1. The van der Waals surface area contributed by atoms with Crippen LogP contribution in [0.5, 0.6) is 11.5 Å². The zero-order chi connectivity index (χ0) is 32.4. The van der Waals surface area contributed by atoms with Gasteiger partial charge in [-0.2, -0.15) is 0 Å². The summed E-state index contributed by atoms with van der Waals surface area (Å²) in [5.41, 5.74) is 7.96. The van der Waals surface area contributed by atoms with Crippen molar-refractivity contribution < 1.29 is 10.2 Å². The highest BCUT2D eigenvalue weighted by Gasteiger charge is 2.20. The van der Waals surface area contributed by atoms with Crippen LogP contribution >= 0.6 is 24.0 Å². The first-order chi connectivity index (χ1) is 22.2. The summed E-state index contributed by atoms with van der Waals surface area (Å²) in [6.07, 6.45) is 5.92. The number of thiol groups is 1. The Morgan fingerprint density at radius 2 is 1.63 bits per heavy atom. The lowest BCUT2D eigenvalue weighted by molar-refractivity contribution is 0.475. The van der Waals surface area contributed by atoms with Crippen molar-refractivity contribution in [1.82, 2.24) is 24.8 Å². The van der Waals surface area contributed by atoms with Crippen LogP contribution in [0.25, 0.3) is 38.3 Å². The summed E-state index contributed by atoms with van der Waals surface area (Å²) < 4.78 is 1.48. The van der Waals surface area contributed by atoms with Crippen LogP contribution in [-0.4, -0.2) is 36.3 Å². The number of hydrogen-bond donors (Lipinski definition) is 4. The minimum absolute atomic E-state index is 0.149. The molecule has 0 fully saturated rings. The monoisotopic (exact) mass is 649 g/mol. The van der Waals surface area contributed by atoms with Crippen LogP contribution in [0.2, 0.25) is 0 Å². The van der Waals surface area contributed by atoms with Crippen molar-refractivity contribution in [3.63, 3.8) is 0 Å². The van der Waals surface area contributed by atoms with Gasteiger partial charge < -0.3 is 15.5 Å². The van der Waals surface area contributed by atoms with Crippen LogP contribution in [0, 0.1) is 13.8 Å². The molecule has 0 aliphatic heterocycles. The van der Waals surface area contributed by atoms with Crippen LogP contribution < -0.4 is 10.9 Å². The standard InChI is InChI=1S/C36H35N5O3S2/c1-4-27-29(23-7-11-25(42)12-8-23)19-39-30(32(27)24-9-13-26(43)14-10-24)20-37-16-5-6-28-22(3)46-34-33(28)35(44)41(36(45)40-34)31-18-21(2)15-17-38-31/h7-15,17-19,37,42-43H,4-6,16,20H2,1-3H3,(H,40,45). The molecule has 4 heterocycles. The topological polar surface area (TPSA) is 113 Å². The molecule has 10 heteroatoms. The molecule has 0 bridgehead atoms. The number of phenols is 2. The highest BCUT2D eigenvalue weighted by Crippen LogP contribution is 2.36. The lowest BCUT2D eigenvalue weighted by atomic mass is 9.90. The first kappa shape index (κ1) is 31.5. The second-order valence-corrected chi connectivity index (χ2v) is 12.9. The Labute approximate surface area is 276 Å². The number of nitrogens with zero attached hydrogens (tertiary/aromatic N) is 4. The van der Waals surface area contributed by atoms with Gasteiger partial charge in [0.1, 0.15) is 22.1 Å². The van der Waals surface area contributed by atoms with Crippen LogP contribution in [0.15, 0.2) is 83.0 Å². The van der Waals surface area contributed by atoms with Crippen LogP contribution in [0.4, 0.5) is 0 Å². The van der Waals surface area contributed by atoms with E-state index in [4.69, 9.17) is 4.98 Å². The molecule has 0 saturated carbocycles. The van der Waals surface area contributed by atoms with E-state index in [1.54, 1.807) is 30.5 Å². The fourth-order valence-electron chi connectivity index (χ4n) is 5.91. The van der Waals surface area contributed by atoms with E-state index in [0.29, 0.717) is 27.7 Å². The van der Waals surface area contributed by atoms with Crippen molar-refractivity contribution in [1.29, 1.82) is 0 Å². The average Bonchev–Trinajstić information content (AvgIpc) is 3.35. The molecule has 0 spiro atoms. The van der Waals surface area contributed by atoms with Gasteiger partial charge in [0, 0.05) is 34.9 Å². The Morgan fingerprint density at radius 1 is 0.935 bits per heavy atom. The Hall–Kier alpha value is -4.51. The second-order valence-electron chi connectivity index (χ2n) is 11.3. The average molecular weight is 650 g/mol. The third-order valence-electron chi connectivity index (χ3n) is 8.16. The Kier molecular flexibility index (Phi) is 9.21. The van der Waals surface area contributed by atoms with Crippen molar-refractivity contribution in [3.8, 4) is 39.6 Å². The maximum absolute atomic E-state index is 13.8. The number of aromatic nitrogens is 4. The predicted octanol–water partition coefficient (Wildman–Crippen LogP) is 7.17. The number of fused-ring (bicyclic) bond motifs is 1. The van der Waals surface area contributed by atoms with Crippen molar-refractivity contribution in [2.75, 3.05) is 6.54 Å². The predicted molar refractivity (Wildman–Crippen MR) is 188 cm³/mol. The number of benzene rings is 2. The van der Waals surface area contributed by atoms with Gasteiger partial charge in [-0.1, -0.05) is 31.2 Å². The van der Waals surface area contributed by atoms with E-state index in [2.05, 4.69) is 34.8 Å². The van der Waals surface area contributed by atoms with E-state index in [-0.39, 0.29) is 17.1 Å². The zero-order valence-corrected chi connectivity index (χ0v) is 27.6. The van der Waals surface area contributed by atoms with E-state index in [1.807, 2.05) is 56.4 Å². The molecular weight excluding hydrogens is 615 g/mol. The largest absolute Gasteiger partial charge is 0.508 e. The van der Waals surface area contributed by atoms with Gasteiger partial charge in [0.05, 0.1) is 11.1 Å². The molecular formula is C36H35N5O3S2. The maximum Gasteiger partial charge on any atom is 0.269 e. The third kappa shape index (κ3) is 6.28. The molecule has 6 aromatic rings. The minimum Gasteiger partial charge on any atom is -0.508 e. The number of aryl methyl sites for hydroxylation is 3. The van der Waals surface area contributed by atoms with Crippen molar-refractivity contribution in [2.45, 2.75) is 51.7 Å². The summed E-state index contributed by atoms with van der Waals surface area (Å²) in [4.78, 5) is 29.5. The molecule has 46 heavy (non-hydrogen) atoms. The molecule has 0 atom stereocenters. The summed E-state index contributed by atoms with van der Waals surface area (Å²) in [6.45, 7) is 7.41. The highest BCUT2D eigenvalue weighted by molar-refractivity contribution is 7.80. The lowest BCUT2D eigenvalue weighted by Crippen LogP contribution is -2.22. The molecule has 234 valence electrons. The molecule has 4 aromatic heterocycles. The fourth-order valence-corrected chi connectivity index (χ4v) is 7.33. The van der Waals surface area contributed by atoms with Gasteiger partial charge >= 0.3 is 0 Å². The number of thiophene rings is 1. The van der Waals surface area contributed by atoms with Gasteiger partial charge in [-0.3, -0.25) is 9.78 Å². The number of rotatable bonds is 10. The van der Waals surface area contributed by atoms with E-state index < -0.39 is 0 Å². The number of pyridine rings is 2. The summed E-state index contributed by atoms with van der Waals surface area (Å²) in [7, 11) is 0. The summed E-state index contributed by atoms with van der Waals surface area (Å²) in [6, 6.07) is 18.2. The Bertz CT molecular complexity index is 2090. The quantitative estimate of drug-likeness (QED) is 0.0707. The molecule has 0 amide bonds. The molecule has 3 N–H and O–H groups in total. The molecule has 0 saturated heterocycles. The van der Waals surface area contributed by atoms with Gasteiger partial charge in [0.25, 0.3) is 5.56 Å². The normalized spacial score (nSPS) is 11.4. The number of nitrogens with one attached hydrogen (secondary N) is 1. The van der Waals surface area contributed by atoms with Crippen LogP contribution in [0.1, 0.15) is 40.6 Å². The first-order valence-corrected chi connectivity index (χ1v) is 16.5. The molecule has 0 aliphatic carbocycles. The maximum atomic E-state index is 13.8. The molecule has 6 rings (SSSR count). The lowest BCUT2D eigenvalue weighted by Gasteiger charge is -2.18. The van der Waals surface area contributed by atoms with Gasteiger partial charge in [-0.25, -0.2) is 14.5 Å². The molecule has 8 nitrogen and oxygen atoms in total. The fraction of sp³-hybridized carbons (Fsp3) is 0.222. The van der Waals surface area contributed by atoms with Crippen molar-refractivity contribution in [2.24, 2.45) is 0 Å². The van der Waals surface area contributed by atoms with Crippen molar-refractivity contribution >= 4 is 34.2 Å². The van der Waals surface area contributed by atoms with E-state index in [9.17, 15) is 15.0 Å². The Morgan fingerprint density at radius 3 is 2.30 bits per heavy atom. The number of aromatic hydroxyl groups is 2. The van der Waals surface area contributed by atoms with E-state index in [0.717, 1.165) is 75.3 Å². The Balaban J connectivity index is 1.24. The van der Waals surface area contributed by atoms with Crippen molar-refractivity contribution in [3.05, 3.63) is 111 Å². The molecule has 0 radical (unpaired) electrons. The van der Waals surface area contributed by atoms with Crippen LogP contribution in [-0.2, 0) is 19.4 Å².